The van der Waals surface area contributed by atoms with E-state index in [1.54, 1.807) is 13.1 Å². The Labute approximate surface area is 273 Å². The molecule has 4 aromatic heterocycles. The first-order chi connectivity index (χ1) is 22.3. The number of nitrogen functional groups attached to an aromatic ring is 1. The molecule has 2 aliphatic heterocycles. The summed E-state index contributed by atoms with van der Waals surface area (Å²) in [4.78, 5) is 74.0. The number of aliphatic hydroxyl groups is 1. The van der Waals surface area contributed by atoms with Crippen LogP contribution in [0.2, 0.25) is 0 Å². The molecule has 0 amide bonds. The number of hydrogen-bond donors (Lipinski definition) is 2. The van der Waals surface area contributed by atoms with Gasteiger partial charge >= 0.3 is 27.7 Å². The molecule has 0 unspecified atom stereocenters. The van der Waals surface area contributed by atoms with Gasteiger partial charge in [0.2, 0.25) is 5.95 Å². The zero-order valence-corrected chi connectivity index (χ0v) is 27.2. The van der Waals surface area contributed by atoms with Crippen LogP contribution in [0.25, 0.3) is 20.7 Å². The molecule has 4 aromatic rings. The number of aliphatic hydroxyl groups excluding tert-OH is 1. The van der Waals surface area contributed by atoms with Crippen molar-refractivity contribution in [3.05, 3.63) is 37.6 Å². The molecule has 3 N–H and O–H groups in total. The van der Waals surface area contributed by atoms with E-state index in [2.05, 4.69) is 19.9 Å². The molecule has 18 nitrogen and oxygen atoms in total. The third-order valence-electron chi connectivity index (χ3n) is 6.97. The highest BCUT2D eigenvalue weighted by molar-refractivity contribution is 7.16. The van der Waals surface area contributed by atoms with E-state index in [1.165, 1.54) is 36.1 Å². The molecular weight excluding hydrogens is 662 g/mol. The number of carbonyl (C=O) groups is 3. The van der Waals surface area contributed by atoms with Crippen molar-refractivity contribution in [1.29, 1.82) is 0 Å². The number of nitrogens with two attached hydrogens (primary N) is 1. The van der Waals surface area contributed by atoms with Crippen molar-refractivity contribution in [2.45, 2.75) is 77.4 Å². The Morgan fingerprint density at radius 3 is 1.91 bits per heavy atom. The molecule has 47 heavy (non-hydrogen) atoms. The molecule has 0 saturated carbocycles. The standard InChI is InChI=1S/C14H16N4O6S.C13H15N3O5S/c1-6(19)22-5-8-3-9(23-7(2)20)12(24-8)18-11-10(25-14(18)21)4-16-13(15)17-11;1-6-14-4-10-11(15-6)16(13(19)22-10)12-9(20-7(2)18)3-8(5-17)21-12/h4,8-9,12H,3,5H2,1-2H3,(H2,15,16,17);4,8-9,12,17H,3,5H2,1-2H3/t2*8-,9+,12+/m00/s1. The lowest BCUT2D eigenvalue weighted by molar-refractivity contribution is -0.153. The number of fused-ring (bicyclic) bond motifs is 2. The monoisotopic (exact) mass is 693 g/mol. The Bertz CT molecular complexity index is 1920. The minimum absolute atomic E-state index is 0.00244. The van der Waals surface area contributed by atoms with E-state index < -0.39 is 54.8 Å². The van der Waals surface area contributed by atoms with Crippen molar-refractivity contribution in [1.82, 2.24) is 29.1 Å². The first kappa shape index (κ1) is 34.0. The quantitative estimate of drug-likeness (QED) is 0.199. The number of hydrogen-bond acceptors (Lipinski definition) is 18. The predicted molar refractivity (Wildman–Crippen MR) is 164 cm³/mol. The average Bonchev–Trinajstić information content (AvgIpc) is 3.73. The summed E-state index contributed by atoms with van der Waals surface area (Å²) in [5, 5.41) is 9.28. The van der Waals surface area contributed by atoms with Crippen LogP contribution in [0.1, 0.15) is 51.9 Å². The second-order valence-corrected chi connectivity index (χ2v) is 12.5. The average molecular weight is 694 g/mol. The molecule has 252 valence electrons. The molecule has 2 saturated heterocycles. The van der Waals surface area contributed by atoms with Gasteiger partial charge in [-0.3, -0.25) is 33.1 Å². The Balaban J connectivity index is 0.000000186. The normalized spacial score (nSPS) is 23.8. The predicted octanol–water partition coefficient (Wildman–Crippen LogP) is 0.590. The number of rotatable bonds is 7. The summed E-state index contributed by atoms with van der Waals surface area (Å²) in [5.74, 6) is -0.879. The maximum atomic E-state index is 12.4. The van der Waals surface area contributed by atoms with E-state index in [0.717, 1.165) is 22.7 Å². The Morgan fingerprint density at radius 1 is 0.872 bits per heavy atom. The molecule has 0 spiro atoms. The van der Waals surface area contributed by atoms with Crippen LogP contribution in [-0.2, 0) is 38.1 Å². The number of carbonyl (C=O) groups excluding carboxylic acids is 3. The largest absolute Gasteiger partial charge is 0.463 e. The van der Waals surface area contributed by atoms with Crippen LogP contribution in [0.4, 0.5) is 5.95 Å². The SMILES string of the molecule is CC(=O)OC[C@@H]1C[C@@H](OC(C)=O)[C@H](n2c(=O)sc3cnc(N)nc32)O1.CC(=O)O[C@@H]1C[C@@H](CO)O[C@H]1n1c(=O)sc2cnc(C)nc21. The third-order valence-corrected chi connectivity index (χ3v) is 8.72. The van der Waals surface area contributed by atoms with Gasteiger partial charge in [-0.2, -0.15) is 4.98 Å². The molecule has 6 heterocycles. The number of nitrogens with zero attached hydrogens (tertiary/aromatic N) is 6. The molecule has 0 radical (unpaired) electrons. The second-order valence-electron chi connectivity index (χ2n) is 10.5. The van der Waals surface area contributed by atoms with Crippen LogP contribution in [0, 0.1) is 6.92 Å². The molecule has 0 aromatic carbocycles. The summed E-state index contributed by atoms with van der Waals surface area (Å²) in [6.07, 6.45) is -0.400. The summed E-state index contributed by atoms with van der Waals surface area (Å²) in [7, 11) is 0. The van der Waals surface area contributed by atoms with Gasteiger partial charge in [-0.25, -0.2) is 15.0 Å². The van der Waals surface area contributed by atoms with Gasteiger partial charge in [0.25, 0.3) is 0 Å². The van der Waals surface area contributed by atoms with Gasteiger partial charge in [0, 0.05) is 33.6 Å². The third kappa shape index (κ3) is 7.62. The maximum Gasteiger partial charge on any atom is 0.311 e. The smallest absolute Gasteiger partial charge is 0.311 e. The summed E-state index contributed by atoms with van der Waals surface area (Å²) in [6.45, 7) is 5.36. The van der Waals surface area contributed by atoms with Gasteiger partial charge in [0.05, 0.1) is 40.6 Å². The van der Waals surface area contributed by atoms with Crippen molar-refractivity contribution in [3.63, 3.8) is 0 Å². The summed E-state index contributed by atoms with van der Waals surface area (Å²) in [6, 6.07) is 0. The Hall–Kier alpha value is -4.37. The van der Waals surface area contributed by atoms with Gasteiger partial charge in [-0.05, 0) is 6.92 Å². The fraction of sp³-hybridized carbons (Fsp3) is 0.519. The van der Waals surface area contributed by atoms with Crippen LogP contribution in [0.5, 0.6) is 0 Å². The molecule has 6 atom stereocenters. The Morgan fingerprint density at radius 2 is 1.38 bits per heavy atom. The first-order valence-corrected chi connectivity index (χ1v) is 15.9. The van der Waals surface area contributed by atoms with Crippen molar-refractivity contribution in [2.75, 3.05) is 18.9 Å². The zero-order valence-electron chi connectivity index (χ0n) is 25.6. The summed E-state index contributed by atoms with van der Waals surface area (Å²) < 4.78 is 30.8. The highest BCUT2D eigenvalue weighted by Crippen LogP contribution is 2.34. The number of aromatic nitrogens is 6. The molecule has 2 fully saturated rings. The van der Waals surface area contributed by atoms with E-state index in [-0.39, 0.29) is 35.3 Å². The highest BCUT2D eigenvalue weighted by Gasteiger charge is 2.42. The van der Waals surface area contributed by atoms with E-state index in [9.17, 15) is 29.1 Å². The summed E-state index contributed by atoms with van der Waals surface area (Å²) in [5.41, 5.74) is 6.36. The number of esters is 3. The van der Waals surface area contributed by atoms with E-state index in [0.29, 0.717) is 32.9 Å². The van der Waals surface area contributed by atoms with Crippen LogP contribution in [-0.4, -0.2) is 89.7 Å². The summed E-state index contributed by atoms with van der Waals surface area (Å²) >= 11 is 1.94. The molecule has 6 rings (SSSR count). The first-order valence-electron chi connectivity index (χ1n) is 14.2. The molecule has 0 bridgehead atoms. The van der Waals surface area contributed by atoms with Crippen LogP contribution in [0.15, 0.2) is 22.0 Å². The minimum Gasteiger partial charge on any atom is -0.463 e. The van der Waals surface area contributed by atoms with Crippen LogP contribution >= 0.6 is 22.7 Å². The van der Waals surface area contributed by atoms with Gasteiger partial charge in [-0.1, -0.05) is 22.7 Å². The lowest BCUT2D eigenvalue weighted by atomic mass is 10.2. The molecule has 0 aliphatic carbocycles. The van der Waals surface area contributed by atoms with Crippen molar-refractivity contribution in [2.24, 2.45) is 0 Å². The Kier molecular flexibility index (Phi) is 10.2. The maximum absolute atomic E-state index is 12.4. The lowest BCUT2D eigenvalue weighted by Crippen LogP contribution is -2.30. The van der Waals surface area contributed by atoms with Gasteiger partial charge < -0.3 is 34.5 Å². The topological polar surface area (TPSA) is 239 Å². The second kappa shape index (κ2) is 14.2. The lowest BCUT2D eigenvalue weighted by Gasteiger charge is -2.19. The van der Waals surface area contributed by atoms with Gasteiger partial charge in [0.1, 0.15) is 24.6 Å². The van der Waals surface area contributed by atoms with Crippen LogP contribution in [0.3, 0.4) is 0 Å². The molecular formula is C27H31N7O11S2. The van der Waals surface area contributed by atoms with Crippen molar-refractivity contribution < 1.29 is 43.2 Å². The molecule has 2 aliphatic rings. The minimum atomic E-state index is -0.889. The number of anilines is 1. The fourth-order valence-corrected chi connectivity index (χ4v) is 6.81. The number of ether oxygens (including phenoxy) is 5. The van der Waals surface area contributed by atoms with Crippen LogP contribution < -0.4 is 15.5 Å². The van der Waals surface area contributed by atoms with E-state index >= 15 is 0 Å². The number of aryl methyl sites for hydroxylation is 1. The highest BCUT2D eigenvalue weighted by atomic mass is 32.1. The van der Waals surface area contributed by atoms with Crippen molar-refractivity contribution in [3.8, 4) is 0 Å². The molecule has 20 heteroatoms. The number of thiazole rings is 2. The van der Waals surface area contributed by atoms with E-state index in [4.69, 9.17) is 29.4 Å². The van der Waals surface area contributed by atoms with Crippen molar-refractivity contribution >= 4 is 67.2 Å². The fourth-order valence-electron chi connectivity index (χ4n) is 5.18. The van der Waals surface area contributed by atoms with Gasteiger partial charge in [0.15, 0.2) is 23.8 Å². The zero-order chi connectivity index (χ0) is 34.0. The van der Waals surface area contributed by atoms with Gasteiger partial charge in [-0.15, -0.1) is 0 Å². The van der Waals surface area contributed by atoms with E-state index in [1.807, 2.05) is 0 Å².